The maximum absolute atomic E-state index is 8.95. The molecule has 0 aliphatic heterocycles. The van der Waals surface area contributed by atoms with Crippen LogP contribution in [0.2, 0.25) is 0 Å². The second-order valence-electron chi connectivity index (χ2n) is 2.80. The number of ether oxygens (including phenoxy) is 1. The van der Waals surface area contributed by atoms with Crippen molar-refractivity contribution in [3.63, 3.8) is 0 Å². The van der Waals surface area contributed by atoms with Crippen molar-refractivity contribution < 1.29 is 9.84 Å². The summed E-state index contributed by atoms with van der Waals surface area (Å²) in [5.74, 6) is 0.611. The molecule has 1 aromatic rings. The predicted molar refractivity (Wildman–Crippen MR) is 48.3 cm³/mol. The summed E-state index contributed by atoms with van der Waals surface area (Å²) < 4.78 is 5.21. The first-order chi connectivity index (χ1) is 6.22. The molecule has 1 atom stereocenters. The molecular weight excluding hydrogens is 166 g/mol. The van der Waals surface area contributed by atoms with Gasteiger partial charge in [0.25, 0.3) is 0 Å². The summed E-state index contributed by atoms with van der Waals surface area (Å²) in [6.45, 7) is 1.89. The lowest BCUT2D eigenvalue weighted by molar-refractivity contribution is 0.122. The zero-order chi connectivity index (χ0) is 9.68. The highest BCUT2D eigenvalue weighted by atomic mass is 16.5. The lowest BCUT2D eigenvalue weighted by Crippen LogP contribution is -2.12. The smallest absolute Gasteiger partial charge is 0.120 e. The van der Waals surface area contributed by atoms with Crippen LogP contribution in [0, 0.1) is 11.3 Å². The monoisotopic (exact) mass is 177 g/mol. The number of hydrogen-bond donors (Lipinski definition) is 1. The van der Waals surface area contributed by atoms with Crippen LogP contribution in [0.5, 0.6) is 5.75 Å². The van der Waals surface area contributed by atoms with Gasteiger partial charge in [0.05, 0.1) is 17.7 Å². The first kappa shape index (κ1) is 9.56. The molecule has 0 saturated carbocycles. The van der Waals surface area contributed by atoms with Gasteiger partial charge in [-0.2, -0.15) is 5.26 Å². The van der Waals surface area contributed by atoms with Gasteiger partial charge in [-0.3, -0.25) is 0 Å². The van der Waals surface area contributed by atoms with Crippen molar-refractivity contribution in [2.24, 2.45) is 0 Å². The van der Waals surface area contributed by atoms with Gasteiger partial charge < -0.3 is 9.84 Å². The molecule has 1 rings (SSSR count). The van der Waals surface area contributed by atoms with E-state index in [1.54, 1.807) is 31.2 Å². The maximum Gasteiger partial charge on any atom is 0.120 e. The molecule has 1 N–H and O–H groups in total. The lowest BCUT2D eigenvalue weighted by Gasteiger charge is -2.07. The average molecular weight is 177 g/mol. The molecule has 0 aromatic heterocycles. The Kier molecular flexibility index (Phi) is 3.30. The first-order valence-corrected chi connectivity index (χ1v) is 4.03. The Morgan fingerprint density at radius 3 is 3.00 bits per heavy atom. The van der Waals surface area contributed by atoms with Crippen LogP contribution in [0.25, 0.3) is 0 Å². The molecule has 0 fully saturated rings. The second kappa shape index (κ2) is 4.48. The van der Waals surface area contributed by atoms with Gasteiger partial charge in [-0.05, 0) is 25.1 Å². The summed E-state index contributed by atoms with van der Waals surface area (Å²) in [5, 5.41) is 17.5. The third-order valence-electron chi connectivity index (χ3n) is 1.45. The summed E-state index contributed by atoms with van der Waals surface area (Å²) >= 11 is 0. The van der Waals surface area contributed by atoms with Crippen molar-refractivity contribution >= 4 is 0 Å². The summed E-state index contributed by atoms with van der Waals surface area (Å²) in [7, 11) is 0. The molecule has 1 unspecified atom stereocenters. The minimum Gasteiger partial charge on any atom is -0.491 e. The van der Waals surface area contributed by atoms with E-state index in [1.165, 1.54) is 0 Å². The summed E-state index contributed by atoms with van der Waals surface area (Å²) in [4.78, 5) is 0. The van der Waals surface area contributed by atoms with Crippen molar-refractivity contribution in [2.45, 2.75) is 13.0 Å². The van der Waals surface area contributed by atoms with Gasteiger partial charge in [-0.25, -0.2) is 0 Å². The molecule has 0 radical (unpaired) electrons. The molecule has 68 valence electrons. The topological polar surface area (TPSA) is 53.2 Å². The van der Waals surface area contributed by atoms with Crippen LogP contribution in [0.3, 0.4) is 0 Å². The molecule has 0 saturated heterocycles. The molecule has 3 nitrogen and oxygen atoms in total. The van der Waals surface area contributed by atoms with E-state index in [2.05, 4.69) is 0 Å². The summed E-state index contributed by atoms with van der Waals surface area (Å²) in [6.07, 6.45) is -0.495. The van der Waals surface area contributed by atoms with Crippen LogP contribution in [0.4, 0.5) is 0 Å². The van der Waals surface area contributed by atoms with E-state index in [1.807, 2.05) is 6.07 Å². The van der Waals surface area contributed by atoms with Crippen molar-refractivity contribution in [1.82, 2.24) is 0 Å². The van der Waals surface area contributed by atoms with Gasteiger partial charge in [0, 0.05) is 0 Å². The van der Waals surface area contributed by atoms with Gasteiger partial charge in [0.1, 0.15) is 12.4 Å². The van der Waals surface area contributed by atoms with Crippen molar-refractivity contribution in [1.29, 1.82) is 5.26 Å². The SMILES string of the molecule is CC(O)COc1cccc(C#N)c1. The summed E-state index contributed by atoms with van der Waals surface area (Å²) in [5.41, 5.74) is 0.558. The molecular formula is C10H11NO2. The number of nitrogens with zero attached hydrogens (tertiary/aromatic N) is 1. The Hall–Kier alpha value is -1.53. The van der Waals surface area contributed by atoms with Gasteiger partial charge in [0.15, 0.2) is 0 Å². The van der Waals surface area contributed by atoms with Crippen molar-refractivity contribution in [3.05, 3.63) is 29.8 Å². The first-order valence-electron chi connectivity index (χ1n) is 4.03. The summed E-state index contributed by atoms with van der Waals surface area (Å²) in [6, 6.07) is 8.86. The molecule has 0 heterocycles. The van der Waals surface area contributed by atoms with E-state index in [0.717, 1.165) is 0 Å². The Bertz CT molecular complexity index is 315. The maximum atomic E-state index is 8.95. The van der Waals surface area contributed by atoms with E-state index < -0.39 is 6.10 Å². The van der Waals surface area contributed by atoms with E-state index in [0.29, 0.717) is 11.3 Å². The number of nitriles is 1. The Labute approximate surface area is 77.2 Å². The minimum absolute atomic E-state index is 0.245. The largest absolute Gasteiger partial charge is 0.491 e. The number of hydrogen-bond acceptors (Lipinski definition) is 3. The standard InChI is InChI=1S/C10H11NO2/c1-8(12)7-13-10-4-2-3-9(5-10)6-11/h2-5,8,12H,7H2,1H3. The molecule has 0 aliphatic rings. The second-order valence-corrected chi connectivity index (χ2v) is 2.80. The predicted octanol–water partition coefficient (Wildman–Crippen LogP) is 1.32. The van der Waals surface area contributed by atoms with Gasteiger partial charge >= 0.3 is 0 Å². The van der Waals surface area contributed by atoms with E-state index in [-0.39, 0.29) is 6.61 Å². The Morgan fingerprint density at radius 2 is 2.38 bits per heavy atom. The average Bonchev–Trinajstić information content (AvgIpc) is 2.15. The fourth-order valence-electron chi connectivity index (χ4n) is 0.872. The number of benzene rings is 1. The van der Waals surface area contributed by atoms with E-state index >= 15 is 0 Å². The fraction of sp³-hybridized carbons (Fsp3) is 0.300. The molecule has 3 heteroatoms. The highest BCUT2D eigenvalue weighted by Crippen LogP contribution is 2.12. The highest BCUT2D eigenvalue weighted by Gasteiger charge is 1.98. The zero-order valence-corrected chi connectivity index (χ0v) is 7.40. The van der Waals surface area contributed by atoms with Crippen LogP contribution in [-0.4, -0.2) is 17.8 Å². The number of aliphatic hydroxyl groups excluding tert-OH is 1. The third kappa shape index (κ3) is 3.14. The molecule has 0 aliphatic carbocycles. The molecule has 0 bridgehead atoms. The minimum atomic E-state index is -0.495. The van der Waals surface area contributed by atoms with Crippen LogP contribution in [0.15, 0.2) is 24.3 Å². The fourth-order valence-corrected chi connectivity index (χ4v) is 0.872. The lowest BCUT2D eigenvalue weighted by atomic mass is 10.2. The third-order valence-corrected chi connectivity index (χ3v) is 1.45. The van der Waals surface area contributed by atoms with Crippen LogP contribution in [-0.2, 0) is 0 Å². The number of rotatable bonds is 3. The molecule has 13 heavy (non-hydrogen) atoms. The number of aliphatic hydroxyl groups is 1. The zero-order valence-electron chi connectivity index (χ0n) is 7.40. The normalized spacial score (nSPS) is 11.8. The highest BCUT2D eigenvalue weighted by molar-refractivity contribution is 5.36. The van der Waals surface area contributed by atoms with Gasteiger partial charge in [-0.1, -0.05) is 6.07 Å². The van der Waals surface area contributed by atoms with Gasteiger partial charge in [-0.15, -0.1) is 0 Å². The Balaban J connectivity index is 2.63. The van der Waals surface area contributed by atoms with Crippen molar-refractivity contribution in [2.75, 3.05) is 6.61 Å². The van der Waals surface area contributed by atoms with Gasteiger partial charge in [0.2, 0.25) is 0 Å². The molecule has 0 amide bonds. The van der Waals surface area contributed by atoms with E-state index in [4.69, 9.17) is 15.1 Å². The van der Waals surface area contributed by atoms with E-state index in [9.17, 15) is 0 Å². The molecule has 1 aromatic carbocycles. The molecule has 0 spiro atoms. The van der Waals surface area contributed by atoms with Crippen LogP contribution < -0.4 is 4.74 Å². The van der Waals surface area contributed by atoms with Crippen LogP contribution in [0.1, 0.15) is 12.5 Å². The van der Waals surface area contributed by atoms with Crippen LogP contribution >= 0.6 is 0 Å². The Morgan fingerprint density at radius 1 is 1.62 bits per heavy atom. The quantitative estimate of drug-likeness (QED) is 0.757. The van der Waals surface area contributed by atoms with Crippen molar-refractivity contribution in [3.8, 4) is 11.8 Å².